The summed E-state index contributed by atoms with van der Waals surface area (Å²) >= 11 is 0. The summed E-state index contributed by atoms with van der Waals surface area (Å²) in [5.41, 5.74) is 6.78. The molecule has 0 radical (unpaired) electrons. The third kappa shape index (κ3) is 3.09. The van der Waals surface area contributed by atoms with E-state index in [1.165, 1.54) is 6.42 Å². The van der Waals surface area contributed by atoms with E-state index in [1.807, 2.05) is 13.0 Å². The Morgan fingerprint density at radius 1 is 1.41 bits per heavy atom. The Labute approximate surface area is 102 Å². The van der Waals surface area contributed by atoms with Crippen LogP contribution in [0, 0.1) is 6.92 Å². The highest BCUT2D eigenvalue weighted by molar-refractivity contribution is 5.50. The minimum absolute atomic E-state index is 0.562. The molecule has 1 aromatic rings. The van der Waals surface area contributed by atoms with Crippen molar-refractivity contribution in [1.82, 2.24) is 4.98 Å². The lowest BCUT2D eigenvalue weighted by Gasteiger charge is -2.32. The number of nitrogens with zero attached hydrogens (tertiary/aromatic N) is 1. The van der Waals surface area contributed by atoms with Crippen LogP contribution < -0.4 is 11.1 Å². The summed E-state index contributed by atoms with van der Waals surface area (Å²) in [6, 6.07) is 1.89. The molecule has 94 valence electrons. The molecule has 1 aliphatic carbocycles. The first-order chi connectivity index (χ1) is 8.09. The van der Waals surface area contributed by atoms with Crippen molar-refractivity contribution in [1.29, 1.82) is 0 Å². The Balaban J connectivity index is 1.97. The zero-order valence-electron chi connectivity index (χ0n) is 10.4. The maximum Gasteiger partial charge on any atom is 0.129 e. The molecular formula is C13H21N3O. The molecule has 0 spiro atoms. The Morgan fingerprint density at radius 2 is 2.12 bits per heavy atom. The third-order valence-electron chi connectivity index (χ3n) is 3.47. The molecule has 0 unspecified atom stereocenters. The van der Waals surface area contributed by atoms with Gasteiger partial charge in [-0.1, -0.05) is 19.3 Å². The number of anilines is 2. The predicted molar refractivity (Wildman–Crippen MR) is 69.9 cm³/mol. The van der Waals surface area contributed by atoms with Gasteiger partial charge in [-0.2, -0.15) is 0 Å². The molecule has 0 atom stereocenters. The van der Waals surface area contributed by atoms with Crippen molar-refractivity contribution >= 4 is 11.5 Å². The summed E-state index contributed by atoms with van der Waals surface area (Å²) in [5, 5.41) is 13.6. The topological polar surface area (TPSA) is 71.2 Å². The van der Waals surface area contributed by atoms with Crippen LogP contribution in [0.4, 0.5) is 11.5 Å². The molecule has 2 rings (SSSR count). The minimum atomic E-state index is -0.562. The second-order valence-corrected chi connectivity index (χ2v) is 5.07. The molecule has 1 aliphatic rings. The quantitative estimate of drug-likeness (QED) is 0.750. The molecule has 1 aromatic heterocycles. The molecule has 1 fully saturated rings. The van der Waals surface area contributed by atoms with Crippen molar-refractivity contribution in [2.45, 2.75) is 44.6 Å². The first-order valence-corrected chi connectivity index (χ1v) is 6.27. The third-order valence-corrected chi connectivity index (χ3v) is 3.47. The molecule has 4 heteroatoms. The summed E-state index contributed by atoms with van der Waals surface area (Å²) < 4.78 is 0. The Morgan fingerprint density at radius 3 is 2.76 bits per heavy atom. The minimum Gasteiger partial charge on any atom is -0.397 e. The summed E-state index contributed by atoms with van der Waals surface area (Å²) in [4.78, 5) is 4.25. The van der Waals surface area contributed by atoms with Gasteiger partial charge in [0.1, 0.15) is 5.82 Å². The number of nitrogens with one attached hydrogen (secondary N) is 1. The highest BCUT2D eigenvalue weighted by Crippen LogP contribution is 2.28. The van der Waals surface area contributed by atoms with Crippen molar-refractivity contribution in [3.8, 4) is 0 Å². The molecule has 1 heterocycles. The summed E-state index contributed by atoms with van der Waals surface area (Å²) in [6.07, 6.45) is 6.88. The number of nitrogen functional groups attached to an aromatic ring is 1. The lowest BCUT2D eigenvalue weighted by Crippen LogP contribution is -2.39. The maximum atomic E-state index is 10.4. The standard InChI is InChI=1S/C13H21N3O/c1-10-7-11(14)8-15-12(10)16-9-13(17)5-3-2-4-6-13/h7-8,17H,2-6,9,14H2,1H3,(H,15,16). The highest BCUT2D eigenvalue weighted by atomic mass is 16.3. The Hall–Kier alpha value is -1.29. The van der Waals surface area contributed by atoms with Crippen LogP contribution >= 0.6 is 0 Å². The van der Waals surface area contributed by atoms with E-state index in [2.05, 4.69) is 10.3 Å². The molecule has 0 aliphatic heterocycles. The van der Waals surface area contributed by atoms with E-state index in [-0.39, 0.29) is 0 Å². The first kappa shape index (κ1) is 12.2. The van der Waals surface area contributed by atoms with E-state index in [9.17, 15) is 5.11 Å². The number of hydrogen-bond donors (Lipinski definition) is 3. The van der Waals surface area contributed by atoms with Gasteiger partial charge >= 0.3 is 0 Å². The fourth-order valence-electron chi connectivity index (χ4n) is 2.42. The summed E-state index contributed by atoms with van der Waals surface area (Å²) in [5.74, 6) is 0.818. The zero-order valence-corrected chi connectivity index (χ0v) is 10.4. The molecule has 0 saturated heterocycles. The van der Waals surface area contributed by atoms with Crippen LogP contribution in [0.2, 0.25) is 0 Å². The molecule has 4 N–H and O–H groups in total. The molecule has 0 aromatic carbocycles. The molecule has 17 heavy (non-hydrogen) atoms. The van der Waals surface area contributed by atoms with Crippen molar-refractivity contribution in [3.05, 3.63) is 17.8 Å². The zero-order chi connectivity index (χ0) is 12.3. The van der Waals surface area contributed by atoms with Crippen molar-refractivity contribution in [2.75, 3.05) is 17.6 Å². The second-order valence-electron chi connectivity index (χ2n) is 5.07. The second kappa shape index (κ2) is 4.92. The van der Waals surface area contributed by atoms with Gasteiger partial charge in [0.05, 0.1) is 17.5 Å². The lowest BCUT2D eigenvalue weighted by atomic mass is 9.85. The molecule has 1 saturated carbocycles. The Kier molecular flexibility index (Phi) is 3.52. The van der Waals surface area contributed by atoms with Crippen molar-refractivity contribution in [2.24, 2.45) is 0 Å². The summed E-state index contributed by atoms with van der Waals surface area (Å²) in [7, 11) is 0. The number of nitrogens with two attached hydrogens (primary N) is 1. The van der Waals surface area contributed by atoms with Gasteiger partial charge in [-0.25, -0.2) is 4.98 Å². The van der Waals surface area contributed by atoms with E-state index in [4.69, 9.17) is 5.73 Å². The average molecular weight is 235 g/mol. The van der Waals surface area contributed by atoms with Crippen molar-refractivity contribution < 1.29 is 5.11 Å². The van der Waals surface area contributed by atoms with Crippen LogP contribution in [0.15, 0.2) is 12.3 Å². The number of aromatic nitrogens is 1. The van der Waals surface area contributed by atoms with Crippen molar-refractivity contribution in [3.63, 3.8) is 0 Å². The fourth-order valence-corrected chi connectivity index (χ4v) is 2.42. The van der Waals surface area contributed by atoms with E-state index >= 15 is 0 Å². The lowest BCUT2D eigenvalue weighted by molar-refractivity contribution is 0.0166. The smallest absolute Gasteiger partial charge is 0.129 e. The van der Waals surface area contributed by atoms with Gasteiger partial charge in [-0.15, -0.1) is 0 Å². The predicted octanol–water partition coefficient (Wildman–Crippen LogP) is 2.08. The molecule has 0 bridgehead atoms. The van der Waals surface area contributed by atoms with Gasteiger partial charge in [0.2, 0.25) is 0 Å². The van der Waals surface area contributed by atoms with Gasteiger partial charge in [0.15, 0.2) is 0 Å². The molecule has 0 amide bonds. The van der Waals surface area contributed by atoms with Gasteiger partial charge < -0.3 is 16.2 Å². The number of rotatable bonds is 3. The number of pyridine rings is 1. The van der Waals surface area contributed by atoms with Crippen LogP contribution in [-0.2, 0) is 0 Å². The number of aliphatic hydroxyl groups is 1. The monoisotopic (exact) mass is 235 g/mol. The largest absolute Gasteiger partial charge is 0.397 e. The normalized spacial score (nSPS) is 18.9. The number of hydrogen-bond acceptors (Lipinski definition) is 4. The summed E-state index contributed by atoms with van der Waals surface area (Å²) in [6.45, 7) is 2.54. The fraction of sp³-hybridized carbons (Fsp3) is 0.615. The number of aryl methyl sites for hydroxylation is 1. The van der Waals surface area contributed by atoms with Crippen LogP contribution in [0.25, 0.3) is 0 Å². The highest BCUT2D eigenvalue weighted by Gasteiger charge is 2.28. The van der Waals surface area contributed by atoms with Crippen LogP contribution in [-0.4, -0.2) is 22.2 Å². The molecular weight excluding hydrogens is 214 g/mol. The maximum absolute atomic E-state index is 10.4. The Bertz CT molecular complexity index is 386. The van der Waals surface area contributed by atoms with E-state index in [1.54, 1.807) is 6.20 Å². The van der Waals surface area contributed by atoms with E-state index in [0.29, 0.717) is 12.2 Å². The SMILES string of the molecule is Cc1cc(N)cnc1NCC1(O)CCCCC1. The van der Waals surface area contributed by atoms with Crippen LogP contribution in [0.3, 0.4) is 0 Å². The van der Waals surface area contributed by atoms with E-state index in [0.717, 1.165) is 37.1 Å². The molecule has 4 nitrogen and oxygen atoms in total. The average Bonchev–Trinajstić information content (AvgIpc) is 2.29. The van der Waals surface area contributed by atoms with E-state index < -0.39 is 5.60 Å². The van der Waals surface area contributed by atoms with Gasteiger partial charge in [0, 0.05) is 6.54 Å². The van der Waals surface area contributed by atoms with Gasteiger partial charge in [0.25, 0.3) is 0 Å². The van der Waals surface area contributed by atoms with Gasteiger partial charge in [-0.3, -0.25) is 0 Å². The van der Waals surface area contributed by atoms with Crippen LogP contribution in [0.5, 0.6) is 0 Å². The van der Waals surface area contributed by atoms with Crippen LogP contribution in [0.1, 0.15) is 37.7 Å². The first-order valence-electron chi connectivity index (χ1n) is 6.27. The van der Waals surface area contributed by atoms with Gasteiger partial charge in [-0.05, 0) is 31.4 Å².